The molecule has 3 rings (SSSR count). The summed E-state index contributed by atoms with van der Waals surface area (Å²) in [6, 6.07) is 3.86. The van der Waals surface area contributed by atoms with Crippen LogP contribution in [0.1, 0.15) is 46.1 Å². The molecule has 7 nitrogen and oxygen atoms in total. The predicted molar refractivity (Wildman–Crippen MR) is 124 cm³/mol. The number of benzene rings is 1. The minimum atomic E-state index is -0.322. The third-order valence-corrected chi connectivity index (χ3v) is 6.04. The predicted octanol–water partition coefficient (Wildman–Crippen LogP) is 4.96. The highest BCUT2D eigenvalue weighted by Gasteiger charge is 2.18. The van der Waals surface area contributed by atoms with E-state index in [4.69, 9.17) is 9.15 Å². The molecule has 2 aromatic heterocycles. The minimum Gasteiger partial charge on any atom is -0.493 e. The molecule has 2 heterocycles. The molecular weight excluding hydrogens is 414 g/mol. The third-order valence-electron chi connectivity index (χ3n) is 4.98. The van der Waals surface area contributed by atoms with Crippen LogP contribution in [-0.2, 0) is 4.79 Å². The second-order valence-corrected chi connectivity index (χ2v) is 8.51. The van der Waals surface area contributed by atoms with Gasteiger partial charge in [0.2, 0.25) is 5.91 Å². The molecule has 0 atom stereocenters. The van der Waals surface area contributed by atoms with E-state index in [9.17, 15) is 9.59 Å². The zero-order chi connectivity index (χ0) is 22.9. The molecule has 0 radical (unpaired) electrons. The maximum absolute atomic E-state index is 12.6. The van der Waals surface area contributed by atoms with Gasteiger partial charge in [-0.25, -0.2) is 4.98 Å². The number of ether oxygens (including phenoxy) is 1. The third kappa shape index (κ3) is 4.64. The van der Waals surface area contributed by atoms with Crippen LogP contribution in [-0.4, -0.2) is 42.4 Å². The van der Waals surface area contributed by atoms with Crippen molar-refractivity contribution in [3.05, 3.63) is 45.7 Å². The number of thiazole rings is 1. The van der Waals surface area contributed by atoms with Gasteiger partial charge in [-0.15, -0.1) is 0 Å². The molecule has 0 spiro atoms. The number of fused-ring (bicyclic) bond motifs is 1. The maximum Gasteiger partial charge on any atom is 0.265 e. The molecule has 31 heavy (non-hydrogen) atoms. The molecule has 1 N–H and O–H groups in total. The highest BCUT2D eigenvalue weighted by atomic mass is 32.1. The second kappa shape index (κ2) is 8.93. The Labute approximate surface area is 185 Å². The molecule has 8 heteroatoms. The van der Waals surface area contributed by atoms with Crippen molar-refractivity contribution in [2.45, 2.75) is 34.6 Å². The fraction of sp³-hybridized carbons (Fsp3) is 0.348. The van der Waals surface area contributed by atoms with Crippen molar-refractivity contribution >= 4 is 44.8 Å². The highest BCUT2D eigenvalue weighted by molar-refractivity contribution is 7.17. The summed E-state index contributed by atoms with van der Waals surface area (Å²) in [6.45, 7) is 9.96. The molecule has 3 aromatic rings. The number of anilines is 1. The number of amides is 2. The summed E-state index contributed by atoms with van der Waals surface area (Å²) in [5.74, 6) is 1.06. The SMILES string of the molecule is CCOc1cc2oc(C)c(C)c2cc1/C(C)=C/C(=O)Nc1nc(C)c(C(=O)N(C)C)s1. The first-order valence-corrected chi connectivity index (χ1v) is 10.8. The number of nitrogens with zero attached hydrogens (tertiary/aromatic N) is 2. The maximum atomic E-state index is 12.6. The summed E-state index contributed by atoms with van der Waals surface area (Å²) >= 11 is 1.16. The smallest absolute Gasteiger partial charge is 0.265 e. The van der Waals surface area contributed by atoms with Crippen LogP contribution < -0.4 is 10.1 Å². The number of hydrogen-bond acceptors (Lipinski definition) is 6. The molecule has 1 aromatic carbocycles. The van der Waals surface area contributed by atoms with Gasteiger partial charge >= 0.3 is 0 Å². The van der Waals surface area contributed by atoms with E-state index in [1.165, 1.54) is 11.0 Å². The number of hydrogen-bond donors (Lipinski definition) is 1. The minimum absolute atomic E-state index is 0.136. The Bertz CT molecular complexity index is 1190. The number of furan rings is 1. The summed E-state index contributed by atoms with van der Waals surface area (Å²) in [6.07, 6.45) is 1.51. The molecule has 0 aliphatic heterocycles. The molecule has 164 valence electrons. The van der Waals surface area contributed by atoms with Gasteiger partial charge in [0.1, 0.15) is 22.0 Å². The normalized spacial score (nSPS) is 11.6. The van der Waals surface area contributed by atoms with E-state index in [0.717, 1.165) is 44.8 Å². The van der Waals surface area contributed by atoms with Crippen LogP contribution in [0.4, 0.5) is 5.13 Å². The van der Waals surface area contributed by atoms with Gasteiger partial charge in [-0.2, -0.15) is 0 Å². The summed E-state index contributed by atoms with van der Waals surface area (Å²) in [5.41, 5.74) is 3.99. The van der Waals surface area contributed by atoms with Crippen molar-refractivity contribution in [3.8, 4) is 5.75 Å². The lowest BCUT2D eigenvalue weighted by Gasteiger charge is -2.11. The van der Waals surface area contributed by atoms with Gasteiger partial charge in [0.25, 0.3) is 5.91 Å². The van der Waals surface area contributed by atoms with Crippen LogP contribution in [0.25, 0.3) is 16.5 Å². The van der Waals surface area contributed by atoms with E-state index < -0.39 is 0 Å². The van der Waals surface area contributed by atoms with Gasteiger partial charge in [0, 0.05) is 37.2 Å². The van der Waals surface area contributed by atoms with Crippen molar-refractivity contribution in [2.75, 3.05) is 26.0 Å². The van der Waals surface area contributed by atoms with E-state index in [2.05, 4.69) is 10.3 Å². The standard InChI is InChI=1S/C23H27N3O4S/c1-8-29-18-11-19-17(13(3)15(5)30-19)10-16(18)12(2)9-20(27)25-23-24-14(4)21(31-23)22(28)26(6)7/h9-11H,8H2,1-7H3,(H,24,25,27)/b12-9+. The lowest BCUT2D eigenvalue weighted by Crippen LogP contribution is -2.21. The fourth-order valence-corrected chi connectivity index (χ4v) is 4.21. The largest absolute Gasteiger partial charge is 0.493 e. The molecule has 0 aliphatic carbocycles. The Hall–Kier alpha value is -3.13. The number of aryl methyl sites for hydroxylation is 3. The van der Waals surface area contributed by atoms with E-state index in [0.29, 0.717) is 28.1 Å². The molecular formula is C23H27N3O4S. The first kappa shape index (κ1) is 22.6. The quantitative estimate of drug-likeness (QED) is 0.547. The molecule has 2 amide bonds. The Morgan fingerprint density at radius 1 is 1.26 bits per heavy atom. The molecule has 0 saturated heterocycles. The van der Waals surface area contributed by atoms with Crippen molar-refractivity contribution in [3.63, 3.8) is 0 Å². The number of carbonyl (C=O) groups is 2. The fourth-order valence-electron chi connectivity index (χ4n) is 3.22. The summed E-state index contributed by atoms with van der Waals surface area (Å²) < 4.78 is 11.6. The van der Waals surface area contributed by atoms with Crippen LogP contribution in [0.2, 0.25) is 0 Å². The van der Waals surface area contributed by atoms with Gasteiger partial charge in [-0.1, -0.05) is 11.3 Å². The highest BCUT2D eigenvalue weighted by Crippen LogP contribution is 2.35. The van der Waals surface area contributed by atoms with Crippen LogP contribution in [0.15, 0.2) is 22.6 Å². The topological polar surface area (TPSA) is 84.7 Å². The van der Waals surface area contributed by atoms with Gasteiger partial charge in [0.15, 0.2) is 5.13 Å². The van der Waals surface area contributed by atoms with Crippen molar-refractivity contribution in [1.29, 1.82) is 0 Å². The molecule has 0 aliphatic rings. The zero-order valence-corrected chi connectivity index (χ0v) is 19.7. The van der Waals surface area contributed by atoms with Gasteiger partial charge in [-0.3, -0.25) is 14.9 Å². The van der Waals surface area contributed by atoms with Crippen LogP contribution in [0.3, 0.4) is 0 Å². The van der Waals surface area contributed by atoms with E-state index >= 15 is 0 Å². The van der Waals surface area contributed by atoms with E-state index in [1.54, 1.807) is 21.0 Å². The van der Waals surface area contributed by atoms with Crippen LogP contribution in [0.5, 0.6) is 5.75 Å². The lowest BCUT2D eigenvalue weighted by atomic mass is 10.0. The average Bonchev–Trinajstić information content (AvgIpc) is 3.19. The summed E-state index contributed by atoms with van der Waals surface area (Å²) in [7, 11) is 3.36. The summed E-state index contributed by atoms with van der Waals surface area (Å²) in [4.78, 5) is 31.2. The van der Waals surface area contributed by atoms with E-state index in [1.807, 2.05) is 39.8 Å². The number of rotatable bonds is 6. The van der Waals surface area contributed by atoms with Crippen LogP contribution >= 0.6 is 11.3 Å². The molecule has 0 bridgehead atoms. The van der Waals surface area contributed by atoms with Gasteiger partial charge in [0.05, 0.1) is 12.3 Å². The number of carbonyl (C=O) groups excluding carboxylic acids is 2. The number of aromatic nitrogens is 1. The van der Waals surface area contributed by atoms with Crippen molar-refractivity contribution < 1.29 is 18.7 Å². The van der Waals surface area contributed by atoms with Gasteiger partial charge < -0.3 is 14.1 Å². The first-order valence-electron chi connectivity index (χ1n) is 9.97. The number of allylic oxidation sites excluding steroid dienone is 1. The Kier molecular flexibility index (Phi) is 6.50. The van der Waals surface area contributed by atoms with Crippen molar-refractivity contribution in [2.24, 2.45) is 0 Å². The lowest BCUT2D eigenvalue weighted by molar-refractivity contribution is -0.111. The first-order chi connectivity index (χ1) is 14.6. The zero-order valence-electron chi connectivity index (χ0n) is 18.9. The van der Waals surface area contributed by atoms with E-state index in [-0.39, 0.29) is 11.8 Å². The molecule has 0 fully saturated rings. The second-order valence-electron chi connectivity index (χ2n) is 7.51. The molecule has 0 saturated carbocycles. The Morgan fingerprint density at radius 2 is 1.97 bits per heavy atom. The van der Waals surface area contributed by atoms with Crippen molar-refractivity contribution in [1.82, 2.24) is 9.88 Å². The summed E-state index contributed by atoms with van der Waals surface area (Å²) in [5, 5.41) is 4.14. The van der Waals surface area contributed by atoms with Crippen LogP contribution in [0, 0.1) is 20.8 Å². The van der Waals surface area contributed by atoms with Gasteiger partial charge in [-0.05, 0) is 51.8 Å². The number of nitrogens with one attached hydrogen (secondary N) is 1. The Morgan fingerprint density at radius 3 is 2.61 bits per heavy atom. The Balaban J connectivity index is 1.90. The monoisotopic (exact) mass is 441 g/mol. The average molecular weight is 442 g/mol. The molecule has 0 unspecified atom stereocenters.